The van der Waals surface area contributed by atoms with Gasteiger partial charge in [-0.05, 0) is 12.1 Å². The van der Waals surface area contributed by atoms with Gasteiger partial charge in [-0.25, -0.2) is 0 Å². The van der Waals surface area contributed by atoms with Crippen molar-refractivity contribution in [2.75, 3.05) is 31.6 Å². The number of hydrogen-bond acceptors (Lipinski definition) is 5. The Kier molecular flexibility index (Phi) is 3.62. The molecule has 1 heterocycles. The van der Waals surface area contributed by atoms with Gasteiger partial charge in [0, 0.05) is 18.3 Å². The molecule has 2 N–H and O–H groups in total. The minimum Gasteiger partial charge on any atom is -0.353 e. The number of Topliss-reactive ketones (excluding diaryl/α,β-unsaturated/α-hetero) is 1. The van der Waals surface area contributed by atoms with Crippen LogP contribution in [0.25, 0.3) is 0 Å². The van der Waals surface area contributed by atoms with E-state index in [9.17, 15) is 14.4 Å². The van der Waals surface area contributed by atoms with E-state index in [1.54, 1.807) is 29.2 Å². The quantitative estimate of drug-likeness (QED) is 0.593. The number of hydrogen-bond donors (Lipinski definition) is 1. The van der Waals surface area contributed by atoms with E-state index in [0.717, 1.165) is 4.90 Å². The van der Waals surface area contributed by atoms with E-state index in [4.69, 9.17) is 5.73 Å². The van der Waals surface area contributed by atoms with Gasteiger partial charge >= 0.3 is 0 Å². The maximum atomic E-state index is 11.6. The third-order valence-electron chi connectivity index (χ3n) is 3.12. The fraction of sp³-hybridized carbons (Fsp3) is 0.308. The zero-order valence-corrected chi connectivity index (χ0v) is 10.6. The lowest BCUT2D eigenvalue weighted by Gasteiger charge is -2.32. The van der Waals surface area contributed by atoms with E-state index in [1.165, 1.54) is 7.05 Å². The average molecular weight is 261 g/mol. The first kappa shape index (κ1) is 13.2. The Morgan fingerprint density at radius 2 is 1.89 bits per heavy atom. The summed E-state index contributed by atoms with van der Waals surface area (Å²) in [4.78, 5) is 37.6. The highest BCUT2D eigenvalue weighted by Crippen LogP contribution is 2.18. The van der Waals surface area contributed by atoms with Crippen LogP contribution in [0.15, 0.2) is 24.3 Å². The van der Waals surface area contributed by atoms with Crippen molar-refractivity contribution in [3.63, 3.8) is 0 Å². The molecule has 0 atom stereocenters. The molecule has 6 nitrogen and oxygen atoms in total. The standard InChI is InChI=1S/C13H15N3O3/c1-15-12(18)7-16(8-13(15)19)10-4-2-3-9(5-10)11(17)6-14/h2-5H,6-8,14H2,1H3. The van der Waals surface area contributed by atoms with Gasteiger partial charge in [-0.3, -0.25) is 19.3 Å². The highest BCUT2D eigenvalue weighted by Gasteiger charge is 2.28. The minimum atomic E-state index is -0.258. The summed E-state index contributed by atoms with van der Waals surface area (Å²) in [6.45, 7) is 0.190. The Labute approximate surface area is 110 Å². The predicted molar refractivity (Wildman–Crippen MR) is 69.8 cm³/mol. The number of amides is 2. The molecule has 0 aliphatic carbocycles. The molecule has 1 aliphatic heterocycles. The fourth-order valence-corrected chi connectivity index (χ4v) is 1.91. The van der Waals surface area contributed by atoms with E-state index in [1.807, 2.05) is 0 Å². The van der Waals surface area contributed by atoms with E-state index in [-0.39, 0.29) is 37.2 Å². The molecule has 6 heteroatoms. The monoisotopic (exact) mass is 261 g/mol. The summed E-state index contributed by atoms with van der Waals surface area (Å²) in [5.41, 5.74) is 6.48. The number of benzene rings is 1. The third-order valence-corrected chi connectivity index (χ3v) is 3.12. The van der Waals surface area contributed by atoms with Crippen molar-refractivity contribution in [1.29, 1.82) is 0 Å². The van der Waals surface area contributed by atoms with Gasteiger partial charge in [0.05, 0.1) is 19.6 Å². The van der Waals surface area contributed by atoms with Gasteiger partial charge in [0.2, 0.25) is 11.8 Å². The van der Waals surface area contributed by atoms with Gasteiger partial charge in [0.15, 0.2) is 5.78 Å². The lowest BCUT2D eigenvalue weighted by Crippen LogP contribution is -2.52. The van der Waals surface area contributed by atoms with Crippen molar-refractivity contribution in [2.24, 2.45) is 5.73 Å². The van der Waals surface area contributed by atoms with E-state index in [0.29, 0.717) is 11.3 Å². The molecule has 0 spiro atoms. The van der Waals surface area contributed by atoms with Crippen LogP contribution >= 0.6 is 0 Å². The maximum absolute atomic E-state index is 11.6. The summed E-state index contributed by atoms with van der Waals surface area (Å²) < 4.78 is 0. The van der Waals surface area contributed by atoms with Gasteiger partial charge < -0.3 is 10.6 Å². The SMILES string of the molecule is CN1C(=O)CN(c2cccc(C(=O)CN)c2)CC1=O. The molecule has 1 aromatic carbocycles. The van der Waals surface area contributed by atoms with Crippen molar-refractivity contribution in [1.82, 2.24) is 4.90 Å². The molecule has 0 unspecified atom stereocenters. The summed E-state index contributed by atoms with van der Waals surface area (Å²) in [6.07, 6.45) is 0. The number of carbonyl (C=O) groups excluding carboxylic acids is 3. The molecular weight excluding hydrogens is 246 g/mol. The van der Waals surface area contributed by atoms with Crippen molar-refractivity contribution in [3.05, 3.63) is 29.8 Å². The van der Waals surface area contributed by atoms with Gasteiger partial charge in [-0.1, -0.05) is 12.1 Å². The van der Waals surface area contributed by atoms with Crippen LogP contribution in [0, 0.1) is 0 Å². The van der Waals surface area contributed by atoms with Crippen LogP contribution in [0.2, 0.25) is 0 Å². The van der Waals surface area contributed by atoms with E-state index < -0.39 is 0 Å². The van der Waals surface area contributed by atoms with Gasteiger partial charge in [0.1, 0.15) is 0 Å². The number of rotatable bonds is 3. The van der Waals surface area contributed by atoms with Crippen molar-refractivity contribution in [2.45, 2.75) is 0 Å². The summed E-state index contributed by atoms with van der Waals surface area (Å²) in [7, 11) is 1.47. The van der Waals surface area contributed by atoms with Gasteiger partial charge in [0.25, 0.3) is 0 Å². The molecule has 1 saturated heterocycles. The molecule has 1 fully saturated rings. The highest BCUT2D eigenvalue weighted by atomic mass is 16.2. The molecule has 1 aromatic rings. The second-order valence-corrected chi connectivity index (χ2v) is 4.38. The lowest BCUT2D eigenvalue weighted by molar-refractivity contribution is -0.143. The molecule has 2 rings (SSSR count). The van der Waals surface area contributed by atoms with Crippen LogP contribution in [0.3, 0.4) is 0 Å². The number of ketones is 1. The summed E-state index contributed by atoms with van der Waals surface area (Å²) in [5, 5.41) is 0. The molecule has 2 amide bonds. The first-order valence-electron chi connectivity index (χ1n) is 5.90. The number of piperazine rings is 1. The fourth-order valence-electron chi connectivity index (χ4n) is 1.91. The Morgan fingerprint density at radius 1 is 1.26 bits per heavy atom. The van der Waals surface area contributed by atoms with Gasteiger partial charge in [-0.15, -0.1) is 0 Å². The van der Waals surface area contributed by atoms with E-state index in [2.05, 4.69) is 0 Å². The number of carbonyl (C=O) groups is 3. The molecule has 0 aromatic heterocycles. The highest BCUT2D eigenvalue weighted by molar-refractivity contribution is 6.03. The number of anilines is 1. The zero-order chi connectivity index (χ0) is 14.0. The second-order valence-electron chi connectivity index (χ2n) is 4.38. The minimum absolute atomic E-state index is 0.0654. The molecule has 19 heavy (non-hydrogen) atoms. The largest absolute Gasteiger partial charge is 0.353 e. The molecule has 0 saturated carbocycles. The Balaban J connectivity index is 2.25. The molecular formula is C13H15N3O3. The van der Waals surface area contributed by atoms with Crippen LogP contribution < -0.4 is 10.6 Å². The van der Waals surface area contributed by atoms with Crippen molar-refractivity contribution in [3.8, 4) is 0 Å². The van der Waals surface area contributed by atoms with Crippen LogP contribution in [0.4, 0.5) is 5.69 Å². The second kappa shape index (κ2) is 5.19. The topological polar surface area (TPSA) is 83.7 Å². The number of imide groups is 1. The number of likely N-dealkylation sites (N-methyl/N-ethyl adjacent to an activating group) is 1. The average Bonchev–Trinajstić information content (AvgIpc) is 2.43. The number of nitrogens with zero attached hydrogens (tertiary/aromatic N) is 2. The summed E-state index contributed by atoms with van der Waals surface area (Å²) in [6, 6.07) is 6.80. The van der Waals surface area contributed by atoms with Crippen LogP contribution in [0.5, 0.6) is 0 Å². The normalized spacial score (nSPS) is 15.9. The molecule has 0 bridgehead atoms. The van der Waals surface area contributed by atoms with Crippen molar-refractivity contribution < 1.29 is 14.4 Å². The van der Waals surface area contributed by atoms with Crippen LogP contribution in [0.1, 0.15) is 10.4 Å². The van der Waals surface area contributed by atoms with Crippen molar-refractivity contribution >= 4 is 23.3 Å². The first-order valence-corrected chi connectivity index (χ1v) is 5.90. The first-order chi connectivity index (χ1) is 9.02. The third kappa shape index (κ3) is 2.63. The molecule has 100 valence electrons. The van der Waals surface area contributed by atoms with E-state index >= 15 is 0 Å². The Morgan fingerprint density at radius 3 is 2.47 bits per heavy atom. The van der Waals surface area contributed by atoms with Gasteiger partial charge in [-0.2, -0.15) is 0 Å². The maximum Gasteiger partial charge on any atom is 0.248 e. The smallest absolute Gasteiger partial charge is 0.248 e. The Hall–Kier alpha value is -2.21. The summed E-state index contributed by atoms with van der Waals surface area (Å²) >= 11 is 0. The van der Waals surface area contributed by atoms with Crippen LogP contribution in [-0.2, 0) is 9.59 Å². The Bertz CT molecular complexity index is 524. The number of nitrogens with two attached hydrogens (primary N) is 1. The van der Waals surface area contributed by atoms with Crippen LogP contribution in [-0.4, -0.2) is 49.2 Å². The zero-order valence-electron chi connectivity index (χ0n) is 10.6. The summed E-state index contributed by atoms with van der Waals surface area (Å²) in [5.74, 6) is -0.688. The molecule has 1 aliphatic rings. The lowest BCUT2D eigenvalue weighted by atomic mass is 10.1. The molecule has 0 radical (unpaired) electrons. The predicted octanol–water partition coefficient (Wildman–Crippen LogP) is -0.367.